The van der Waals surface area contributed by atoms with Crippen molar-refractivity contribution in [2.24, 2.45) is 9.98 Å². The molecular weight excluding hydrogens is 593 g/mol. The fourth-order valence-electron chi connectivity index (χ4n) is 4.45. The molecule has 10 heteroatoms. The molecule has 43 heavy (non-hydrogen) atoms. The van der Waals surface area contributed by atoms with Crippen molar-refractivity contribution >= 4 is 12.4 Å². The second kappa shape index (κ2) is 15.6. The molecule has 0 heterocycles. The largest absolute Gasteiger partial charge is 2.00 e. The van der Waals surface area contributed by atoms with Crippen molar-refractivity contribution in [3.63, 3.8) is 0 Å². The summed E-state index contributed by atoms with van der Waals surface area (Å²) in [5, 5.41) is 64.2. The summed E-state index contributed by atoms with van der Waals surface area (Å²) in [4.78, 5) is 11.0. The van der Waals surface area contributed by atoms with Crippen LogP contribution >= 0.6 is 0 Å². The van der Waals surface area contributed by atoms with Crippen LogP contribution < -0.4 is 10.2 Å². The number of rotatable bonds is 12. The average molecular weight is 627 g/mol. The Hall–Kier alpha value is -4.51. The van der Waals surface area contributed by atoms with Crippen LogP contribution in [0.3, 0.4) is 0 Å². The van der Waals surface area contributed by atoms with E-state index in [1.54, 1.807) is 36.7 Å². The molecular formula is C33H33CoN3O6. The molecule has 0 bridgehead atoms. The number of nitrogens with zero attached hydrogens (tertiary/aromatic N) is 3. The molecule has 0 aliphatic carbocycles. The molecule has 4 aromatic carbocycles. The molecule has 0 aromatic heterocycles. The minimum atomic E-state index is -0.173. The summed E-state index contributed by atoms with van der Waals surface area (Å²) >= 11 is 0. The molecule has 0 saturated carbocycles. The SMILES string of the molecule is CN(CCCN=Cc1cc(-c2cc(O)ccc2O)ccc1[O-])CCCN=Cc1cc(-c2cc(O)ccc2O)ccc1[O-].[Co+2]. The normalized spacial score (nSPS) is 11.4. The van der Waals surface area contributed by atoms with E-state index in [1.807, 2.05) is 7.05 Å². The minimum Gasteiger partial charge on any atom is -0.872 e. The van der Waals surface area contributed by atoms with Crippen molar-refractivity contribution in [2.45, 2.75) is 12.8 Å². The first-order valence-electron chi connectivity index (χ1n) is 13.6. The molecule has 1 radical (unpaired) electrons. The third-order valence-electron chi connectivity index (χ3n) is 6.72. The Morgan fingerprint density at radius 2 is 1.05 bits per heavy atom. The number of phenols is 4. The quantitative estimate of drug-likeness (QED) is 0.104. The van der Waals surface area contributed by atoms with Gasteiger partial charge in [0.05, 0.1) is 0 Å². The van der Waals surface area contributed by atoms with E-state index in [4.69, 9.17) is 0 Å². The molecule has 0 aliphatic heterocycles. The van der Waals surface area contributed by atoms with E-state index in [1.165, 1.54) is 48.5 Å². The summed E-state index contributed by atoms with van der Waals surface area (Å²) in [6.45, 7) is 2.70. The molecule has 0 amide bonds. The molecule has 225 valence electrons. The topological polar surface area (TPSA) is 155 Å². The van der Waals surface area contributed by atoms with Crippen molar-refractivity contribution in [1.82, 2.24) is 4.90 Å². The molecule has 0 unspecified atom stereocenters. The van der Waals surface area contributed by atoms with Crippen LogP contribution in [0.2, 0.25) is 0 Å². The number of hydrogen-bond donors (Lipinski definition) is 4. The Morgan fingerprint density at radius 1 is 0.628 bits per heavy atom. The maximum Gasteiger partial charge on any atom is 2.00 e. The summed E-state index contributed by atoms with van der Waals surface area (Å²) in [5.41, 5.74) is 2.92. The fourth-order valence-corrected chi connectivity index (χ4v) is 4.45. The fraction of sp³-hybridized carbons (Fsp3) is 0.212. The maximum atomic E-state index is 12.3. The molecule has 4 N–H and O–H groups in total. The van der Waals surface area contributed by atoms with E-state index < -0.39 is 0 Å². The molecule has 0 saturated heterocycles. The van der Waals surface area contributed by atoms with E-state index >= 15 is 0 Å². The molecule has 9 nitrogen and oxygen atoms in total. The monoisotopic (exact) mass is 626 g/mol. The van der Waals surface area contributed by atoms with Gasteiger partial charge in [-0.2, -0.15) is 0 Å². The number of aromatic hydroxyl groups is 4. The van der Waals surface area contributed by atoms with Crippen molar-refractivity contribution in [2.75, 3.05) is 33.2 Å². The number of hydrogen-bond acceptors (Lipinski definition) is 9. The van der Waals surface area contributed by atoms with Crippen LogP contribution in [-0.4, -0.2) is 71.0 Å². The van der Waals surface area contributed by atoms with Gasteiger partial charge in [-0.05, 0) is 104 Å². The maximum absolute atomic E-state index is 12.3. The smallest absolute Gasteiger partial charge is 0.872 e. The van der Waals surface area contributed by atoms with E-state index in [-0.39, 0.29) is 51.3 Å². The van der Waals surface area contributed by atoms with Gasteiger partial charge >= 0.3 is 16.8 Å². The number of aliphatic imine (C=N–C) groups is 2. The zero-order valence-corrected chi connectivity index (χ0v) is 24.6. The third kappa shape index (κ3) is 9.24. The minimum absolute atomic E-state index is 0. The van der Waals surface area contributed by atoms with Gasteiger partial charge in [0.15, 0.2) is 0 Å². The zero-order valence-electron chi connectivity index (χ0n) is 23.6. The van der Waals surface area contributed by atoms with Gasteiger partial charge < -0.3 is 35.5 Å². The predicted octanol–water partition coefficient (Wildman–Crippen LogP) is 4.24. The average Bonchev–Trinajstić information content (AvgIpc) is 2.97. The molecule has 0 aliphatic rings. The molecule has 4 aromatic rings. The van der Waals surface area contributed by atoms with Crippen LogP contribution in [-0.2, 0) is 16.8 Å². The number of benzene rings is 4. The van der Waals surface area contributed by atoms with Gasteiger partial charge in [0, 0.05) is 36.6 Å². The van der Waals surface area contributed by atoms with Crippen molar-refractivity contribution < 1.29 is 47.4 Å². The van der Waals surface area contributed by atoms with Crippen LogP contribution in [0.4, 0.5) is 0 Å². The van der Waals surface area contributed by atoms with E-state index in [0.717, 1.165) is 25.9 Å². The molecule has 4 rings (SSSR count). The third-order valence-corrected chi connectivity index (χ3v) is 6.72. The van der Waals surface area contributed by atoms with Crippen molar-refractivity contribution in [3.05, 3.63) is 83.9 Å². The first-order chi connectivity index (χ1) is 20.2. The van der Waals surface area contributed by atoms with E-state index in [0.29, 0.717) is 46.5 Å². The summed E-state index contributed by atoms with van der Waals surface area (Å²) in [7, 11) is 2.01. The summed E-state index contributed by atoms with van der Waals surface area (Å²) in [6.07, 6.45) is 4.68. The summed E-state index contributed by atoms with van der Waals surface area (Å²) in [5.74, 6) is -0.275. The molecule has 0 fully saturated rings. The van der Waals surface area contributed by atoms with Crippen LogP contribution in [0.1, 0.15) is 24.0 Å². The second-order valence-electron chi connectivity index (χ2n) is 9.99. The molecule has 0 spiro atoms. The second-order valence-corrected chi connectivity index (χ2v) is 9.99. The Balaban J connectivity index is 0.00000506. The zero-order chi connectivity index (χ0) is 30.1. The van der Waals surface area contributed by atoms with Gasteiger partial charge in [0.2, 0.25) is 0 Å². The Bertz CT molecular complexity index is 1470. The van der Waals surface area contributed by atoms with E-state index in [9.17, 15) is 30.6 Å². The van der Waals surface area contributed by atoms with Crippen LogP contribution in [0.25, 0.3) is 22.3 Å². The van der Waals surface area contributed by atoms with Gasteiger partial charge in [-0.25, -0.2) is 0 Å². The van der Waals surface area contributed by atoms with Crippen molar-refractivity contribution in [1.29, 1.82) is 0 Å². The summed E-state index contributed by atoms with van der Waals surface area (Å²) < 4.78 is 0. The number of phenolic OH excluding ortho intramolecular Hbond substituents is 4. The first kappa shape index (κ1) is 33.0. The standard InChI is InChI=1S/C33H35N3O6.Co/c1-36(14-2-12-34-20-24-16-22(4-8-30(24)39)28-18-26(37)6-10-32(28)41)15-3-13-35-21-25-17-23(5-9-31(25)40)29-19-27(38)7-11-33(29)42;/h4-11,16-21,37-42H,2-3,12-15H2,1H3;/q;+2/p-2. The van der Waals surface area contributed by atoms with Crippen LogP contribution in [0.5, 0.6) is 34.5 Å². The first-order valence-corrected chi connectivity index (χ1v) is 13.6. The predicted molar refractivity (Wildman–Crippen MR) is 161 cm³/mol. The van der Waals surface area contributed by atoms with Crippen LogP contribution in [0, 0.1) is 0 Å². The van der Waals surface area contributed by atoms with Gasteiger partial charge in [-0.3, -0.25) is 9.98 Å². The Labute approximate surface area is 261 Å². The molecule has 0 atom stereocenters. The Morgan fingerprint density at radius 3 is 1.47 bits per heavy atom. The van der Waals surface area contributed by atoms with Gasteiger partial charge in [-0.15, -0.1) is 11.5 Å². The van der Waals surface area contributed by atoms with Crippen LogP contribution in [0.15, 0.2) is 82.8 Å². The van der Waals surface area contributed by atoms with Gasteiger partial charge in [-0.1, -0.05) is 24.3 Å². The Kier molecular flexibility index (Phi) is 12.0. The van der Waals surface area contributed by atoms with Gasteiger partial charge in [0.25, 0.3) is 0 Å². The summed E-state index contributed by atoms with van der Waals surface area (Å²) in [6, 6.07) is 17.8. The van der Waals surface area contributed by atoms with E-state index in [2.05, 4.69) is 14.9 Å². The van der Waals surface area contributed by atoms with Crippen molar-refractivity contribution in [3.8, 4) is 56.8 Å². The van der Waals surface area contributed by atoms with Gasteiger partial charge in [0.1, 0.15) is 23.0 Å².